The van der Waals surface area contributed by atoms with E-state index in [2.05, 4.69) is 5.10 Å². The molecule has 0 aliphatic carbocycles. The van der Waals surface area contributed by atoms with E-state index in [-0.39, 0.29) is 6.61 Å². The molecule has 2 aromatic rings. The van der Waals surface area contributed by atoms with Gasteiger partial charge in [0.15, 0.2) is 0 Å². The Labute approximate surface area is 106 Å². The molecule has 1 aromatic carbocycles. The molecule has 0 radical (unpaired) electrons. The van der Waals surface area contributed by atoms with Gasteiger partial charge in [-0.2, -0.15) is 5.10 Å². The number of hydrogen-bond acceptors (Lipinski definition) is 2. The van der Waals surface area contributed by atoms with Crippen LogP contribution in [0.4, 0.5) is 0 Å². The molecule has 3 nitrogen and oxygen atoms in total. The van der Waals surface area contributed by atoms with E-state index in [1.807, 2.05) is 43.7 Å². The molecule has 0 fully saturated rings. The van der Waals surface area contributed by atoms with Crippen molar-refractivity contribution in [3.63, 3.8) is 0 Å². The predicted molar refractivity (Wildman–Crippen MR) is 68.7 cm³/mol. The number of hydrogen-bond donors (Lipinski definition) is 1. The van der Waals surface area contributed by atoms with Gasteiger partial charge in [0.25, 0.3) is 0 Å². The maximum atomic E-state index is 9.30. The first-order valence-corrected chi connectivity index (χ1v) is 5.85. The summed E-state index contributed by atoms with van der Waals surface area (Å²) in [6, 6.07) is 5.74. The molecule has 17 heavy (non-hydrogen) atoms. The molecule has 90 valence electrons. The largest absolute Gasteiger partial charge is 0.392 e. The van der Waals surface area contributed by atoms with Crippen molar-refractivity contribution in [3.8, 4) is 5.69 Å². The summed E-state index contributed by atoms with van der Waals surface area (Å²) < 4.78 is 1.84. The molecule has 0 aliphatic rings. The monoisotopic (exact) mass is 250 g/mol. The number of halogens is 1. The maximum Gasteiger partial charge on any atom is 0.0718 e. The molecule has 1 heterocycles. The number of aliphatic hydroxyl groups is 1. The molecule has 1 aromatic heterocycles. The molecular weight excluding hydrogens is 236 g/mol. The van der Waals surface area contributed by atoms with Crippen LogP contribution in [0.1, 0.15) is 22.5 Å². The lowest BCUT2D eigenvalue weighted by atomic mass is 10.2. The number of benzene rings is 1. The normalized spacial score (nSPS) is 10.9. The van der Waals surface area contributed by atoms with Gasteiger partial charge in [-0.05, 0) is 38.5 Å². The molecule has 0 bridgehead atoms. The Bertz CT molecular complexity index is 561. The van der Waals surface area contributed by atoms with Crippen molar-refractivity contribution in [2.45, 2.75) is 27.4 Å². The Morgan fingerprint density at radius 3 is 2.59 bits per heavy atom. The summed E-state index contributed by atoms with van der Waals surface area (Å²) in [5, 5.41) is 14.5. The highest BCUT2D eigenvalue weighted by atomic mass is 35.5. The van der Waals surface area contributed by atoms with E-state index in [1.54, 1.807) is 0 Å². The van der Waals surface area contributed by atoms with E-state index >= 15 is 0 Å². The van der Waals surface area contributed by atoms with E-state index in [0.717, 1.165) is 33.2 Å². The number of aromatic nitrogens is 2. The molecule has 0 unspecified atom stereocenters. The molecule has 0 saturated carbocycles. The molecule has 0 amide bonds. The van der Waals surface area contributed by atoms with Crippen LogP contribution in [0.2, 0.25) is 5.02 Å². The molecule has 1 N–H and O–H groups in total. The molecule has 0 atom stereocenters. The third-order valence-electron chi connectivity index (χ3n) is 3.07. The predicted octanol–water partition coefficient (Wildman–Crippen LogP) is 2.94. The van der Waals surface area contributed by atoms with Crippen LogP contribution in [0.15, 0.2) is 18.2 Å². The van der Waals surface area contributed by atoms with Crippen LogP contribution in [0.5, 0.6) is 0 Å². The first-order chi connectivity index (χ1) is 8.06. The zero-order valence-electron chi connectivity index (χ0n) is 10.2. The van der Waals surface area contributed by atoms with Gasteiger partial charge in [-0.3, -0.25) is 0 Å². The fourth-order valence-electron chi connectivity index (χ4n) is 1.96. The zero-order valence-corrected chi connectivity index (χ0v) is 10.9. The van der Waals surface area contributed by atoms with Crippen LogP contribution in [-0.4, -0.2) is 14.9 Å². The summed E-state index contributed by atoms with van der Waals surface area (Å²) in [6.07, 6.45) is 0. The van der Waals surface area contributed by atoms with E-state index in [4.69, 9.17) is 11.6 Å². The van der Waals surface area contributed by atoms with Crippen molar-refractivity contribution in [3.05, 3.63) is 45.7 Å². The van der Waals surface area contributed by atoms with Crippen LogP contribution >= 0.6 is 11.6 Å². The minimum Gasteiger partial charge on any atom is -0.392 e. The second-order valence-electron chi connectivity index (χ2n) is 4.10. The first kappa shape index (κ1) is 12.1. The van der Waals surface area contributed by atoms with Crippen molar-refractivity contribution in [2.75, 3.05) is 0 Å². The number of nitrogens with zero attached hydrogens (tertiary/aromatic N) is 2. The summed E-state index contributed by atoms with van der Waals surface area (Å²) in [4.78, 5) is 0. The van der Waals surface area contributed by atoms with Crippen LogP contribution in [-0.2, 0) is 6.61 Å². The van der Waals surface area contributed by atoms with Gasteiger partial charge in [0, 0.05) is 16.3 Å². The Morgan fingerprint density at radius 1 is 1.29 bits per heavy atom. The van der Waals surface area contributed by atoms with Gasteiger partial charge < -0.3 is 5.11 Å². The SMILES string of the molecule is Cc1nn(-c2cccc(Cl)c2C)c(C)c1CO. The Hall–Kier alpha value is -1.32. The zero-order chi connectivity index (χ0) is 12.6. The maximum absolute atomic E-state index is 9.30. The van der Waals surface area contributed by atoms with E-state index in [1.165, 1.54) is 0 Å². The van der Waals surface area contributed by atoms with Crippen molar-refractivity contribution >= 4 is 11.6 Å². The van der Waals surface area contributed by atoms with Crippen molar-refractivity contribution in [1.82, 2.24) is 9.78 Å². The average molecular weight is 251 g/mol. The fraction of sp³-hybridized carbons (Fsp3) is 0.308. The minimum absolute atomic E-state index is 0.0112. The molecule has 4 heteroatoms. The second-order valence-corrected chi connectivity index (χ2v) is 4.51. The van der Waals surface area contributed by atoms with Gasteiger partial charge in [0.2, 0.25) is 0 Å². The highest BCUT2D eigenvalue weighted by Gasteiger charge is 2.13. The Kier molecular flexibility index (Phi) is 3.22. The molecule has 0 aliphatic heterocycles. The summed E-state index contributed by atoms with van der Waals surface area (Å²) in [5.41, 5.74) is 4.63. The van der Waals surface area contributed by atoms with Crippen LogP contribution in [0.25, 0.3) is 5.69 Å². The smallest absolute Gasteiger partial charge is 0.0718 e. The van der Waals surface area contributed by atoms with Crippen molar-refractivity contribution in [2.24, 2.45) is 0 Å². The van der Waals surface area contributed by atoms with Gasteiger partial charge in [0.05, 0.1) is 18.0 Å². The third kappa shape index (κ3) is 1.96. The van der Waals surface area contributed by atoms with E-state index in [9.17, 15) is 5.11 Å². The first-order valence-electron chi connectivity index (χ1n) is 5.47. The summed E-state index contributed by atoms with van der Waals surface area (Å²) >= 11 is 6.11. The van der Waals surface area contributed by atoms with Crippen LogP contribution in [0.3, 0.4) is 0 Å². The number of rotatable bonds is 2. The van der Waals surface area contributed by atoms with Gasteiger partial charge in [-0.1, -0.05) is 17.7 Å². The molecule has 2 rings (SSSR count). The van der Waals surface area contributed by atoms with Gasteiger partial charge in [0.1, 0.15) is 0 Å². The second kappa shape index (κ2) is 4.51. The standard InChI is InChI=1S/C13H15ClN2O/c1-8-12(14)5-4-6-13(8)16-10(3)11(7-17)9(2)15-16/h4-6,17H,7H2,1-3H3. The number of aryl methyl sites for hydroxylation is 1. The van der Waals surface area contributed by atoms with E-state index < -0.39 is 0 Å². The van der Waals surface area contributed by atoms with Crippen LogP contribution < -0.4 is 0 Å². The summed E-state index contributed by atoms with van der Waals surface area (Å²) in [5.74, 6) is 0. The molecule has 0 spiro atoms. The highest BCUT2D eigenvalue weighted by molar-refractivity contribution is 6.31. The van der Waals surface area contributed by atoms with Gasteiger partial charge >= 0.3 is 0 Å². The lowest BCUT2D eigenvalue weighted by molar-refractivity contribution is 0.280. The topological polar surface area (TPSA) is 38.0 Å². The average Bonchev–Trinajstić information content (AvgIpc) is 2.58. The lowest BCUT2D eigenvalue weighted by Gasteiger charge is -2.09. The highest BCUT2D eigenvalue weighted by Crippen LogP contribution is 2.24. The lowest BCUT2D eigenvalue weighted by Crippen LogP contribution is -2.02. The Morgan fingerprint density at radius 2 is 2.00 bits per heavy atom. The van der Waals surface area contributed by atoms with Gasteiger partial charge in [-0.15, -0.1) is 0 Å². The summed E-state index contributed by atoms with van der Waals surface area (Å²) in [7, 11) is 0. The van der Waals surface area contributed by atoms with Crippen LogP contribution in [0, 0.1) is 20.8 Å². The minimum atomic E-state index is 0.0112. The molecular formula is C13H15ClN2O. The van der Waals surface area contributed by atoms with Crippen molar-refractivity contribution in [1.29, 1.82) is 0 Å². The Balaban J connectivity index is 2.65. The van der Waals surface area contributed by atoms with Crippen molar-refractivity contribution < 1.29 is 5.11 Å². The number of aliphatic hydroxyl groups excluding tert-OH is 1. The molecule has 0 saturated heterocycles. The fourth-order valence-corrected chi connectivity index (χ4v) is 2.13. The van der Waals surface area contributed by atoms with Gasteiger partial charge in [-0.25, -0.2) is 4.68 Å². The quantitative estimate of drug-likeness (QED) is 0.890. The summed E-state index contributed by atoms with van der Waals surface area (Å²) in [6.45, 7) is 5.82. The van der Waals surface area contributed by atoms with E-state index in [0.29, 0.717) is 0 Å². The third-order valence-corrected chi connectivity index (χ3v) is 3.48.